The van der Waals surface area contributed by atoms with E-state index in [-0.39, 0.29) is 25.4 Å². The topological polar surface area (TPSA) is 313 Å². The molecule has 8 amide bonds. The summed E-state index contributed by atoms with van der Waals surface area (Å²) in [6.07, 6.45) is 2.29. The standard InChI is InChI=1S/C36H64N10O10/c1-19(2)15-24(42-26(47)16-38)32(51)44-30(21(5)6)35(54)45-29(20(3)4)34(53)40-18-28(49)46-14-10-12-25(46)33(52)43-23(11-8-9-13-37)31(50)39-17-27(48)41-22(7)36(55)56/h19-25,29-30H,8-18,37-38H2,1-7H3,(H,39,50)(H,40,53)(H,41,48)(H,42,47)(H,43,52)(H,44,51)(H,45,54)(H,55,56)/t22-,23-,24-,25-,29-,30-/m0/s1. The van der Waals surface area contributed by atoms with Crippen LogP contribution in [0, 0.1) is 17.8 Å². The number of hydrogen-bond acceptors (Lipinski definition) is 11. The molecule has 0 saturated carbocycles. The van der Waals surface area contributed by atoms with Gasteiger partial charge in [0.05, 0.1) is 19.6 Å². The minimum atomic E-state index is -1.25. The smallest absolute Gasteiger partial charge is 0.325 e. The van der Waals surface area contributed by atoms with Crippen molar-refractivity contribution in [2.45, 2.75) is 123 Å². The fraction of sp³-hybridized carbons (Fsp3) is 0.750. The van der Waals surface area contributed by atoms with Crippen LogP contribution in [0.15, 0.2) is 0 Å². The number of nitrogens with two attached hydrogens (primary N) is 2. The second-order valence-corrected chi connectivity index (χ2v) is 15.1. The van der Waals surface area contributed by atoms with Crippen LogP contribution in [0.2, 0.25) is 0 Å². The molecule has 0 aliphatic carbocycles. The first-order valence-electron chi connectivity index (χ1n) is 19.2. The number of rotatable bonds is 24. The lowest BCUT2D eigenvalue weighted by molar-refractivity contribution is -0.141. The van der Waals surface area contributed by atoms with Crippen LogP contribution in [-0.4, -0.2) is 132 Å². The average molecular weight is 797 g/mol. The number of aliphatic carboxylic acids is 1. The number of amides is 8. The summed E-state index contributed by atoms with van der Waals surface area (Å²) in [5.41, 5.74) is 11.0. The lowest BCUT2D eigenvalue weighted by Crippen LogP contribution is -2.60. The molecule has 6 atom stereocenters. The zero-order valence-corrected chi connectivity index (χ0v) is 33.7. The molecule has 0 unspecified atom stereocenters. The molecule has 0 bridgehead atoms. The minimum Gasteiger partial charge on any atom is -0.480 e. The lowest BCUT2D eigenvalue weighted by Gasteiger charge is -2.29. The number of nitrogens with one attached hydrogen (secondary N) is 7. The summed E-state index contributed by atoms with van der Waals surface area (Å²) >= 11 is 0. The molecule has 1 rings (SSSR count). The van der Waals surface area contributed by atoms with E-state index in [9.17, 15) is 43.2 Å². The summed E-state index contributed by atoms with van der Waals surface area (Å²) in [6, 6.07) is -6.29. The van der Waals surface area contributed by atoms with Crippen LogP contribution in [-0.2, 0) is 43.2 Å². The lowest BCUT2D eigenvalue weighted by atomic mass is 9.98. The Hall–Kier alpha value is -4.85. The summed E-state index contributed by atoms with van der Waals surface area (Å²) in [5, 5.41) is 26.8. The Morgan fingerprint density at radius 2 is 1.27 bits per heavy atom. The quantitative estimate of drug-likeness (QED) is 0.0443. The van der Waals surface area contributed by atoms with Gasteiger partial charge in [0, 0.05) is 6.54 Å². The number of carbonyl (C=O) groups excluding carboxylic acids is 8. The maximum atomic E-state index is 13.5. The van der Waals surface area contributed by atoms with E-state index in [1.165, 1.54) is 11.8 Å². The molecule has 1 fully saturated rings. The fourth-order valence-corrected chi connectivity index (χ4v) is 5.91. The number of carboxylic acids is 1. The van der Waals surface area contributed by atoms with E-state index in [4.69, 9.17) is 16.6 Å². The highest BCUT2D eigenvalue weighted by molar-refractivity contribution is 5.97. The van der Waals surface area contributed by atoms with E-state index >= 15 is 0 Å². The normalized spacial score (nSPS) is 16.6. The summed E-state index contributed by atoms with van der Waals surface area (Å²) in [7, 11) is 0. The van der Waals surface area contributed by atoms with Crippen molar-refractivity contribution in [2.24, 2.45) is 29.2 Å². The second-order valence-electron chi connectivity index (χ2n) is 15.1. The van der Waals surface area contributed by atoms with Gasteiger partial charge in [-0.05, 0) is 69.7 Å². The average Bonchev–Trinajstić information content (AvgIpc) is 3.63. The number of nitrogens with zero attached hydrogens (tertiary/aromatic N) is 1. The Morgan fingerprint density at radius 3 is 1.82 bits per heavy atom. The first kappa shape index (κ1) is 49.2. The third-order valence-electron chi connectivity index (χ3n) is 9.08. The molecule has 20 nitrogen and oxygen atoms in total. The maximum Gasteiger partial charge on any atom is 0.325 e. The van der Waals surface area contributed by atoms with Gasteiger partial charge in [0.25, 0.3) is 0 Å². The van der Waals surface area contributed by atoms with Crippen molar-refractivity contribution in [3.63, 3.8) is 0 Å². The van der Waals surface area contributed by atoms with Crippen LogP contribution >= 0.6 is 0 Å². The Bertz CT molecular complexity index is 1390. The van der Waals surface area contributed by atoms with Gasteiger partial charge in [-0.2, -0.15) is 0 Å². The molecule has 1 saturated heterocycles. The van der Waals surface area contributed by atoms with Gasteiger partial charge in [-0.15, -0.1) is 0 Å². The van der Waals surface area contributed by atoms with E-state index in [1.54, 1.807) is 27.7 Å². The predicted molar refractivity (Wildman–Crippen MR) is 205 cm³/mol. The van der Waals surface area contributed by atoms with Gasteiger partial charge in [0.1, 0.15) is 36.3 Å². The molecular formula is C36H64N10O10. The molecule has 1 aliphatic rings. The SMILES string of the molecule is CC(C)C[C@H](NC(=O)CN)C(=O)N[C@H](C(=O)N[C@H](C(=O)NCC(=O)N1CCC[C@H]1C(=O)N[C@@H](CCCCN)C(=O)NCC(=O)N[C@@H](C)C(=O)O)C(C)C)C(C)C. The van der Waals surface area contributed by atoms with E-state index < -0.39 is 114 Å². The molecule has 0 aromatic rings. The van der Waals surface area contributed by atoms with Crippen molar-refractivity contribution in [1.82, 2.24) is 42.1 Å². The highest BCUT2D eigenvalue weighted by Crippen LogP contribution is 2.18. The molecule has 12 N–H and O–H groups in total. The van der Waals surface area contributed by atoms with Crippen molar-refractivity contribution in [2.75, 3.05) is 32.7 Å². The third-order valence-corrected chi connectivity index (χ3v) is 9.08. The summed E-state index contributed by atoms with van der Waals surface area (Å²) < 4.78 is 0. The number of hydrogen-bond donors (Lipinski definition) is 10. The molecule has 0 spiro atoms. The Kier molecular flexibility index (Phi) is 21.6. The Morgan fingerprint density at radius 1 is 0.679 bits per heavy atom. The van der Waals surface area contributed by atoms with Gasteiger partial charge in [-0.25, -0.2) is 0 Å². The molecule has 0 aromatic carbocycles. The van der Waals surface area contributed by atoms with Gasteiger partial charge in [0.2, 0.25) is 47.3 Å². The van der Waals surface area contributed by atoms with Crippen LogP contribution in [0.1, 0.15) is 87.0 Å². The third kappa shape index (κ3) is 16.9. The fourth-order valence-electron chi connectivity index (χ4n) is 5.91. The van der Waals surface area contributed by atoms with Gasteiger partial charge < -0.3 is 58.7 Å². The van der Waals surface area contributed by atoms with Crippen LogP contribution in [0.5, 0.6) is 0 Å². The molecule has 0 aromatic heterocycles. The minimum absolute atomic E-state index is 0.0383. The predicted octanol–water partition coefficient (Wildman–Crippen LogP) is -2.82. The van der Waals surface area contributed by atoms with E-state index in [1.807, 2.05) is 13.8 Å². The molecule has 20 heteroatoms. The van der Waals surface area contributed by atoms with Gasteiger partial charge in [-0.1, -0.05) is 41.5 Å². The molecule has 318 valence electrons. The summed E-state index contributed by atoms with van der Waals surface area (Å²) in [6.45, 7) is 11.1. The number of unbranched alkanes of at least 4 members (excludes halogenated alkanes) is 1. The Labute approximate surface area is 328 Å². The van der Waals surface area contributed by atoms with Crippen molar-refractivity contribution >= 4 is 53.2 Å². The van der Waals surface area contributed by atoms with Gasteiger partial charge in [-0.3, -0.25) is 43.2 Å². The number of carbonyl (C=O) groups is 9. The monoisotopic (exact) mass is 796 g/mol. The Balaban J connectivity index is 2.96. The van der Waals surface area contributed by atoms with Crippen molar-refractivity contribution in [1.29, 1.82) is 0 Å². The van der Waals surface area contributed by atoms with Crippen LogP contribution in [0.4, 0.5) is 0 Å². The van der Waals surface area contributed by atoms with E-state index in [0.717, 1.165) is 0 Å². The first-order chi connectivity index (χ1) is 26.2. The molecule has 0 radical (unpaired) electrons. The highest BCUT2D eigenvalue weighted by atomic mass is 16.4. The van der Waals surface area contributed by atoms with Crippen molar-refractivity contribution < 1.29 is 48.3 Å². The van der Waals surface area contributed by atoms with Crippen molar-refractivity contribution in [3.05, 3.63) is 0 Å². The zero-order valence-electron chi connectivity index (χ0n) is 33.7. The largest absolute Gasteiger partial charge is 0.480 e. The van der Waals surface area contributed by atoms with E-state index in [0.29, 0.717) is 38.6 Å². The molecular weight excluding hydrogens is 732 g/mol. The van der Waals surface area contributed by atoms with Crippen molar-refractivity contribution in [3.8, 4) is 0 Å². The van der Waals surface area contributed by atoms with Gasteiger partial charge >= 0.3 is 5.97 Å². The number of carboxylic acid groups (broad SMARTS) is 1. The number of likely N-dealkylation sites (tertiary alicyclic amines) is 1. The highest BCUT2D eigenvalue weighted by Gasteiger charge is 2.37. The maximum absolute atomic E-state index is 13.5. The van der Waals surface area contributed by atoms with Gasteiger partial charge in [0.15, 0.2) is 0 Å². The molecule has 56 heavy (non-hydrogen) atoms. The van der Waals surface area contributed by atoms with Crippen LogP contribution in [0.25, 0.3) is 0 Å². The molecule has 1 aliphatic heterocycles. The molecule has 1 heterocycles. The van der Waals surface area contributed by atoms with Crippen LogP contribution < -0.4 is 48.7 Å². The summed E-state index contributed by atoms with van der Waals surface area (Å²) in [5.74, 6) is -7.04. The summed E-state index contributed by atoms with van der Waals surface area (Å²) in [4.78, 5) is 116. The first-order valence-corrected chi connectivity index (χ1v) is 19.2. The second kappa shape index (κ2) is 24.6. The zero-order chi connectivity index (χ0) is 42.7. The van der Waals surface area contributed by atoms with E-state index in [2.05, 4.69) is 37.2 Å². The van der Waals surface area contributed by atoms with Crippen LogP contribution in [0.3, 0.4) is 0 Å².